The molecule has 0 spiro atoms. The van der Waals surface area contributed by atoms with Gasteiger partial charge in [0.25, 0.3) is 0 Å². The summed E-state index contributed by atoms with van der Waals surface area (Å²) in [5, 5.41) is 14.4. The Labute approximate surface area is 106 Å². The highest BCUT2D eigenvalue weighted by molar-refractivity contribution is 6.03. The van der Waals surface area contributed by atoms with E-state index in [0.717, 1.165) is 16.9 Å². The molecule has 0 bridgehead atoms. The minimum Gasteiger partial charge on any atom is -0.374 e. The van der Waals surface area contributed by atoms with Gasteiger partial charge in [0.05, 0.1) is 12.5 Å². The van der Waals surface area contributed by atoms with Gasteiger partial charge in [-0.15, -0.1) is 0 Å². The summed E-state index contributed by atoms with van der Waals surface area (Å²) in [4.78, 5) is 13.7. The second kappa shape index (κ2) is 5.07. The molecule has 1 unspecified atom stereocenters. The van der Waals surface area contributed by atoms with Crippen LogP contribution >= 0.6 is 0 Å². The molecule has 1 aromatic rings. The largest absolute Gasteiger partial charge is 0.374 e. The fraction of sp³-hybridized carbons (Fsp3) is 0.385. The van der Waals surface area contributed by atoms with Crippen molar-refractivity contribution < 1.29 is 4.79 Å². The normalized spacial score (nSPS) is 16.9. The number of carbonyl (C=O) groups is 1. The van der Waals surface area contributed by atoms with Gasteiger partial charge in [0, 0.05) is 30.5 Å². The van der Waals surface area contributed by atoms with Crippen molar-refractivity contribution in [1.82, 2.24) is 5.32 Å². The zero-order chi connectivity index (χ0) is 13.1. The van der Waals surface area contributed by atoms with Crippen LogP contribution in [0.25, 0.3) is 0 Å². The van der Waals surface area contributed by atoms with Crippen LogP contribution in [0.3, 0.4) is 0 Å². The molecular weight excluding hydrogens is 228 g/mol. The molecule has 1 aliphatic heterocycles. The minimum absolute atomic E-state index is 0.0238. The lowest BCUT2D eigenvalue weighted by Crippen LogP contribution is -2.23. The Hall–Kier alpha value is -2.06. The average Bonchev–Trinajstić information content (AvgIpc) is 2.69. The van der Waals surface area contributed by atoms with Gasteiger partial charge in [-0.3, -0.25) is 4.79 Å². The number of carbonyl (C=O) groups excluding carboxylic acids is 1. The molecule has 2 rings (SSSR count). The molecule has 1 aromatic carbocycles. The molecule has 0 saturated carbocycles. The van der Waals surface area contributed by atoms with Crippen LogP contribution < -0.4 is 15.5 Å². The highest BCUT2D eigenvalue weighted by Gasteiger charge is 2.29. The molecule has 94 valence electrons. The molecule has 0 fully saturated rings. The van der Waals surface area contributed by atoms with Crippen LogP contribution in [0.5, 0.6) is 0 Å². The van der Waals surface area contributed by atoms with E-state index in [1.165, 1.54) is 0 Å². The lowest BCUT2D eigenvalue weighted by atomic mass is 10.1. The summed E-state index contributed by atoms with van der Waals surface area (Å²) in [7, 11) is 3.71. The number of benzene rings is 1. The van der Waals surface area contributed by atoms with Gasteiger partial charge in [0.1, 0.15) is 6.04 Å². The monoisotopic (exact) mass is 244 g/mol. The van der Waals surface area contributed by atoms with Crippen molar-refractivity contribution in [2.24, 2.45) is 0 Å². The van der Waals surface area contributed by atoms with Gasteiger partial charge in [-0.1, -0.05) is 6.07 Å². The summed E-state index contributed by atoms with van der Waals surface area (Å²) in [6.45, 7) is 0.679. The third-order valence-electron chi connectivity index (χ3n) is 3.16. The van der Waals surface area contributed by atoms with Crippen LogP contribution in [0, 0.1) is 11.3 Å². The summed E-state index contributed by atoms with van der Waals surface area (Å²) in [6, 6.07) is 7.73. The van der Waals surface area contributed by atoms with Crippen molar-refractivity contribution in [2.75, 3.05) is 30.9 Å². The van der Waals surface area contributed by atoms with Crippen molar-refractivity contribution in [2.45, 2.75) is 12.5 Å². The molecule has 0 radical (unpaired) electrons. The Morgan fingerprint density at radius 3 is 3.00 bits per heavy atom. The summed E-state index contributed by atoms with van der Waals surface area (Å²) in [5.74, 6) is -0.0238. The molecule has 2 N–H and O–H groups in total. The molecule has 18 heavy (non-hydrogen) atoms. The van der Waals surface area contributed by atoms with Crippen LogP contribution in [0.15, 0.2) is 18.2 Å². The third-order valence-corrected chi connectivity index (χ3v) is 3.16. The Kier molecular flexibility index (Phi) is 3.49. The van der Waals surface area contributed by atoms with Crippen LogP contribution in [0.2, 0.25) is 0 Å². The van der Waals surface area contributed by atoms with E-state index in [2.05, 4.69) is 16.7 Å². The van der Waals surface area contributed by atoms with E-state index in [-0.39, 0.29) is 11.9 Å². The maximum Gasteiger partial charge on any atom is 0.246 e. The van der Waals surface area contributed by atoms with Crippen LogP contribution in [-0.4, -0.2) is 26.5 Å². The Morgan fingerprint density at radius 1 is 1.56 bits per heavy atom. The van der Waals surface area contributed by atoms with Gasteiger partial charge in [-0.05, 0) is 19.2 Å². The number of fused-ring (bicyclic) bond motifs is 1. The average molecular weight is 244 g/mol. The molecule has 1 amide bonds. The lowest BCUT2D eigenvalue weighted by Gasteiger charge is -2.18. The lowest BCUT2D eigenvalue weighted by molar-refractivity contribution is -0.117. The zero-order valence-electron chi connectivity index (χ0n) is 10.5. The van der Waals surface area contributed by atoms with Crippen molar-refractivity contribution in [3.05, 3.63) is 23.8 Å². The number of nitrogens with one attached hydrogen (secondary N) is 2. The maximum atomic E-state index is 11.7. The van der Waals surface area contributed by atoms with Gasteiger partial charge in [-0.2, -0.15) is 5.26 Å². The Morgan fingerprint density at radius 2 is 2.33 bits per heavy atom. The molecule has 1 heterocycles. The smallest absolute Gasteiger partial charge is 0.246 e. The second-order valence-corrected chi connectivity index (χ2v) is 4.31. The van der Waals surface area contributed by atoms with Crippen molar-refractivity contribution in [1.29, 1.82) is 5.26 Å². The van der Waals surface area contributed by atoms with E-state index in [1.54, 1.807) is 7.05 Å². The van der Waals surface area contributed by atoms with Crippen LogP contribution in [0.1, 0.15) is 18.0 Å². The number of nitrogens with zero attached hydrogens (tertiary/aromatic N) is 2. The number of anilines is 2. The Bertz CT molecular complexity index is 506. The Balaban J connectivity index is 2.22. The van der Waals surface area contributed by atoms with Gasteiger partial charge in [0.2, 0.25) is 5.91 Å². The van der Waals surface area contributed by atoms with E-state index in [4.69, 9.17) is 5.26 Å². The van der Waals surface area contributed by atoms with Gasteiger partial charge in [-0.25, -0.2) is 0 Å². The predicted molar refractivity (Wildman–Crippen MR) is 70.4 cm³/mol. The first kappa shape index (κ1) is 12.4. The molecule has 0 aromatic heterocycles. The van der Waals surface area contributed by atoms with E-state index < -0.39 is 0 Å². The highest BCUT2D eigenvalue weighted by Crippen LogP contribution is 2.33. The van der Waals surface area contributed by atoms with E-state index >= 15 is 0 Å². The maximum absolute atomic E-state index is 11.7. The highest BCUT2D eigenvalue weighted by atomic mass is 16.2. The SMILES string of the molecule is CNC1C(=O)Nc2cc(N(C)CCC#N)ccc21. The number of nitriles is 1. The van der Waals surface area contributed by atoms with Gasteiger partial charge < -0.3 is 15.5 Å². The number of amides is 1. The molecular formula is C13H16N4O. The number of hydrogen-bond acceptors (Lipinski definition) is 4. The first-order chi connectivity index (χ1) is 8.67. The molecule has 1 atom stereocenters. The van der Waals surface area contributed by atoms with Gasteiger partial charge in [0.15, 0.2) is 0 Å². The van der Waals surface area contributed by atoms with Gasteiger partial charge >= 0.3 is 0 Å². The third kappa shape index (κ3) is 2.15. The molecule has 0 saturated heterocycles. The molecule has 1 aliphatic rings. The van der Waals surface area contributed by atoms with E-state index in [1.807, 2.05) is 30.1 Å². The van der Waals surface area contributed by atoms with E-state index in [9.17, 15) is 4.79 Å². The minimum atomic E-state index is -0.265. The zero-order valence-corrected chi connectivity index (χ0v) is 10.5. The number of rotatable bonds is 4. The first-order valence-electron chi connectivity index (χ1n) is 5.87. The summed E-state index contributed by atoms with van der Waals surface area (Å²) >= 11 is 0. The number of likely N-dealkylation sites (N-methyl/N-ethyl adjacent to an activating group) is 1. The van der Waals surface area contributed by atoms with Crippen LogP contribution in [0.4, 0.5) is 11.4 Å². The quantitative estimate of drug-likeness (QED) is 0.836. The topological polar surface area (TPSA) is 68.2 Å². The van der Waals surface area contributed by atoms with Crippen LogP contribution in [-0.2, 0) is 4.79 Å². The molecule has 5 nitrogen and oxygen atoms in total. The predicted octanol–water partition coefficient (Wildman–Crippen LogP) is 1.25. The standard InChI is InChI=1S/C13H16N4O/c1-15-12-10-5-4-9(17(2)7-3-6-14)8-11(10)16-13(12)18/h4-5,8,12,15H,3,7H2,1-2H3,(H,16,18). The second-order valence-electron chi connectivity index (χ2n) is 4.31. The fourth-order valence-electron chi connectivity index (χ4n) is 2.12. The fourth-order valence-corrected chi connectivity index (χ4v) is 2.12. The van der Waals surface area contributed by atoms with Crippen molar-refractivity contribution >= 4 is 17.3 Å². The summed E-state index contributed by atoms with van der Waals surface area (Å²) in [5.41, 5.74) is 2.82. The van der Waals surface area contributed by atoms with E-state index in [0.29, 0.717) is 13.0 Å². The molecule has 0 aliphatic carbocycles. The first-order valence-corrected chi connectivity index (χ1v) is 5.87. The summed E-state index contributed by atoms with van der Waals surface area (Å²) < 4.78 is 0. The van der Waals surface area contributed by atoms with Crippen molar-refractivity contribution in [3.8, 4) is 6.07 Å². The number of hydrogen-bond donors (Lipinski definition) is 2. The van der Waals surface area contributed by atoms with Crippen molar-refractivity contribution in [3.63, 3.8) is 0 Å². The summed E-state index contributed by atoms with van der Waals surface area (Å²) in [6.07, 6.45) is 0.485. The molecule has 5 heteroatoms.